The van der Waals surface area contributed by atoms with Gasteiger partial charge < -0.3 is 9.73 Å². The predicted molar refractivity (Wildman–Crippen MR) is 112 cm³/mol. The first-order valence-electron chi connectivity index (χ1n) is 9.48. The second-order valence-electron chi connectivity index (χ2n) is 7.28. The van der Waals surface area contributed by atoms with E-state index in [1.165, 1.54) is 31.5 Å². The van der Waals surface area contributed by atoms with E-state index in [4.69, 9.17) is 4.42 Å². The average molecular weight is 451 g/mol. The van der Waals surface area contributed by atoms with E-state index in [0.717, 1.165) is 9.87 Å². The van der Waals surface area contributed by atoms with Crippen LogP contribution in [-0.4, -0.2) is 50.1 Å². The summed E-state index contributed by atoms with van der Waals surface area (Å²) in [7, 11) is -2.61. The molecule has 2 rings (SSSR count). The van der Waals surface area contributed by atoms with Crippen LogP contribution in [0.25, 0.3) is 0 Å². The van der Waals surface area contributed by atoms with Gasteiger partial charge in [0.15, 0.2) is 5.76 Å². The van der Waals surface area contributed by atoms with Crippen molar-refractivity contribution in [3.8, 4) is 0 Å². The normalized spacial score (nSPS) is 12.5. The molecule has 1 atom stereocenters. The summed E-state index contributed by atoms with van der Waals surface area (Å²) in [6.07, 6.45) is 1.33. The number of carbonyl (C=O) groups excluding carboxylic acids is 3. The van der Waals surface area contributed by atoms with Gasteiger partial charge in [-0.15, -0.1) is 0 Å². The molecule has 11 heteroatoms. The number of carbonyl (C=O) groups is 3. The van der Waals surface area contributed by atoms with Crippen LogP contribution in [-0.2, 0) is 19.6 Å². The maximum Gasteiger partial charge on any atom is 0.287 e. The molecule has 3 amide bonds. The Bertz CT molecular complexity index is 1020. The van der Waals surface area contributed by atoms with E-state index < -0.39 is 40.3 Å². The molecular weight excluding hydrogens is 424 g/mol. The summed E-state index contributed by atoms with van der Waals surface area (Å²) in [5.41, 5.74) is 5.29. The molecule has 0 radical (unpaired) electrons. The Morgan fingerprint density at radius 3 is 2.26 bits per heavy atom. The van der Waals surface area contributed by atoms with Crippen molar-refractivity contribution in [1.29, 1.82) is 0 Å². The Hall–Kier alpha value is -3.18. The molecule has 0 aliphatic rings. The number of hydrogen-bond acceptors (Lipinski definition) is 6. The Labute approximate surface area is 181 Å². The van der Waals surface area contributed by atoms with E-state index in [1.54, 1.807) is 32.0 Å². The van der Waals surface area contributed by atoms with Crippen LogP contribution in [0.15, 0.2) is 52.0 Å². The predicted octanol–water partition coefficient (Wildman–Crippen LogP) is 0.811. The summed E-state index contributed by atoms with van der Waals surface area (Å²) in [6, 6.07) is 8.27. The molecule has 168 valence electrons. The van der Waals surface area contributed by atoms with Gasteiger partial charge in [-0.05, 0) is 37.1 Å². The maximum atomic E-state index is 12.6. The molecular formula is C20H26N4O6S. The Morgan fingerprint density at radius 1 is 1.06 bits per heavy atom. The average Bonchev–Trinajstić information content (AvgIpc) is 3.25. The molecule has 0 aliphatic carbocycles. The van der Waals surface area contributed by atoms with Crippen molar-refractivity contribution < 1.29 is 27.2 Å². The fourth-order valence-corrected chi connectivity index (χ4v) is 3.71. The van der Waals surface area contributed by atoms with Crippen LogP contribution in [0.3, 0.4) is 0 Å². The molecule has 0 saturated carbocycles. The van der Waals surface area contributed by atoms with Crippen molar-refractivity contribution in [1.82, 2.24) is 20.5 Å². The van der Waals surface area contributed by atoms with Gasteiger partial charge in [0.2, 0.25) is 10.0 Å². The SMILES string of the molecule is Cc1ccc(S(=O)(=O)N(C)CC(=O)NNC(=O)[C@@H](NC(=O)c2ccco2)C(C)C)cc1. The molecule has 10 nitrogen and oxygen atoms in total. The summed E-state index contributed by atoms with van der Waals surface area (Å²) in [5, 5.41) is 2.53. The Balaban J connectivity index is 1.93. The van der Waals surface area contributed by atoms with Gasteiger partial charge in [-0.1, -0.05) is 31.5 Å². The van der Waals surface area contributed by atoms with Crippen LogP contribution in [0, 0.1) is 12.8 Å². The fraction of sp³-hybridized carbons (Fsp3) is 0.350. The standard InChI is InChI=1S/C20H26N4O6S/c1-13(2)18(21-19(26)16-6-5-11-30-16)20(27)23-22-17(25)12-24(4)31(28,29)15-9-7-14(3)8-10-15/h5-11,13,18H,12H2,1-4H3,(H,21,26)(H,22,25)(H,23,27)/t18-/m0/s1. The zero-order valence-electron chi connectivity index (χ0n) is 17.7. The zero-order valence-corrected chi connectivity index (χ0v) is 18.5. The molecule has 0 aliphatic heterocycles. The molecule has 0 bridgehead atoms. The van der Waals surface area contributed by atoms with E-state index in [9.17, 15) is 22.8 Å². The largest absolute Gasteiger partial charge is 0.459 e. The fourth-order valence-electron chi connectivity index (χ4n) is 2.58. The molecule has 1 aromatic carbocycles. The topological polar surface area (TPSA) is 138 Å². The lowest BCUT2D eigenvalue weighted by Crippen LogP contribution is -2.55. The molecule has 31 heavy (non-hydrogen) atoms. The molecule has 2 aromatic rings. The number of aryl methyl sites for hydroxylation is 1. The first-order valence-corrected chi connectivity index (χ1v) is 10.9. The number of amides is 3. The lowest BCUT2D eigenvalue weighted by Gasteiger charge is -2.22. The minimum atomic E-state index is -3.87. The van der Waals surface area contributed by atoms with Crippen molar-refractivity contribution >= 4 is 27.7 Å². The van der Waals surface area contributed by atoms with E-state index >= 15 is 0 Å². The van der Waals surface area contributed by atoms with Gasteiger partial charge in [-0.2, -0.15) is 4.31 Å². The summed E-state index contributed by atoms with van der Waals surface area (Å²) >= 11 is 0. The third-order valence-electron chi connectivity index (χ3n) is 4.40. The van der Waals surface area contributed by atoms with Gasteiger partial charge in [0.1, 0.15) is 6.04 Å². The first kappa shape index (κ1) is 24.1. The van der Waals surface area contributed by atoms with Gasteiger partial charge in [-0.25, -0.2) is 8.42 Å². The molecule has 3 N–H and O–H groups in total. The van der Waals surface area contributed by atoms with Crippen molar-refractivity contribution in [2.75, 3.05) is 13.6 Å². The van der Waals surface area contributed by atoms with Crippen molar-refractivity contribution in [3.63, 3.8) is 0 Å². The van der Waals surface area contributed by atoms with E-state index in [-0.39, 0.29) is 16.6 Å². The van der Waals surface area contributed by atoms with Crippen molar-refractivity contribution in [2.24, 2.45) is 5.92 Å². The molecule has 0 spiro atoms. The number of nitrogens with one attached hydrogen (secondary N) is 3. The van der Waals surface area contributed by atoms with E-state index in [2.05, 4.69) is 16.2 Å². The summed E-state index contributed by atoms with van der Waals surface area (Å²) in [4.78, 5) is 36.8. The summed E-state index contributed by atoms with van der Waals surface area (Å²) < 4.78 is 31.0. The van der Waals surface area contributed by atoms with Crippen LogP contribution < -0.4 is 16.2 Å². The van der Waals surface area contributed by atoms with Gasteiger partial charge >= 0.3 is 0 Å². The molecule has 1 heterocycles. The van der Waals surface area contributed by atoms with E-state index in [1.807, 2.05) is 6.92 Å². The number of hydrogen-bond donors (Lipinski definition) is 3. The molecule has 0 saturated heterocycles. The van der Waals surface area contributed by atoms with Crippen LogP contribution in [0.2, 0.25) is 0 Å². The molecule has 0 unspecified atom stereocenters. The highest BCUT2D eigenvalue weighted by Gasteiger charge is 2.27. The second-order valence-corrected chi connectivity index (χ2v) is 9.33. The minimum Gasteiger partial charge on any atom is -0.459 e. The highest BCUT2D eigenvalue weighted by atomic mass is 32.2. The summed E-state index contributed by atoms with van der Waals surface area (Å²) in [5.74, 6) is -2.22. The van der Waals surface area contributed by atoms with E-state index in [0.29, 0.717) is 0 Å². The number of rotatable bonds is 8. The molecule has 0 fully saturated rings. The second kappa shape index (κ2) is 10.2. The minimum absolute atomic E-state index is 0.0467. The molecule has 1 aromatic heterocycles. The quantitative estimate of drug-likeness (QED) is 0.509. The Kier molecular flexibility index (Phi) is 7.95. The van der Waals surface area contributed by atoms with Gasteiger partial charge in [0.05, 0.1) is 17.7 Å². The van der Waals surface area contributed by atoms with Crippen molar-refractivity contribution in [2.45, 2.75) is 31.7 Å². The van der Waals surface area contributed by atoms with Gasteiger partial charge in [0, 0.05) is 7.05 Å². The lowest BCUT2D eigenvalue weighted by atomic mass is 10.0. The maximum absolute atomic E-state index is 12.6. The third-order valence-corrected chi connectivity index (χ3v) is 6.22. The number of furan rings is 1. The lowest BCUT2D eigenvalue weighted by molar-refractivity contribution is -0.130. The van der Waals surface area contributed by atoms with Gasteiger partial charge in [-0.3, -0.25) is 25.2 Å². The number of likely N-dealkylation sites (N-methyl/N-ethyl adjacent to an activating group) is 1. The smallest absolute Gasteiger partial charge is 0.287 e. The monoisotopic (exact) mass is 450 g/mol. The Morgan fingerprint density at radius 2 is 1.71 bits per heavy atom. The van der Waals surface area contributed by atoms with Crippen LogP contribution >= 0.6 is 0 Å². The highest BCUT2D eigenvalue weighted by Crippen LogP contribution is 2.14. The number of sulfonamides is 1. The number of benzene rings is 1. The zero-order chi connectivity index (χ0) is 23.2. The van der Waals surface area contributed by atoms with Crippen LogP contribution in [0.5, 0.6) is 0 Å². The van der Waals surface area contributed by atoms with Crippen LogP contribution in [0.1, 0.15) is 30.0 Å². The van der Waals surface area contributed by atoms with Crippen LogP contribution in [0.4, 0.5) is 0 Å². The number of hydrazine groups is 1. The van der Waals surface area contributed by atoms with Gasteiger partial charge in [0.25, 0.3) is 17.7 Å². The number of nitrogens with zero attached hydrogens (tertiary/aromatic N) is 1. The third kappa shape index (κ3) is 6.40. The first-order chi connectivity index (χ1) is 14.5. The van der Waals surface area contributed by atoms with Crippen molar-refractivity contribution in [3.05, 3.63) is 54.0 Å². The summed E-state index contributed by atoms with van der Waals surface area (Å²) in [6.45, 7) is 4.76. The highest BCUT2D eigenvalue weighted by molar-refractivity contribution is 7.89.